The van der Waals surface area contributed by atoms with Crippen LogP contribution in [-0.2, 0) is 67.0 Å². The molecule has 27 nitrogen and oxygen atoms in total. The summed E-state index contributed by atoms with van der Waals surface area (Å²) in [7, 11) is 9.79. The molecular formula is C68H120N12O15. The number of carbonyl (C=O) groups is 12. The van der Waals surface area contributed by atoms with E-state index in [1.165, 1.54) is 87.7 Å². The minimum Gasteiger partial charge on any atom is -0.444 e. The zero-order chi connectivity index (χ0) is 73.2. The van der Waals surface area contributed by atoms with E-state index < -0.39 is 167 Å². The molecule has 0 aromatic carbocycles. The van der Waals surface area contributed by atoms with Crippen LogP contribution in [0.4, 0.5) is 4.79 Å². The summed E-state index contributed by atoms with van der Waals surface area (Å²) in [5, 5.41) is 13.7. The molecule has 2 aliphatic heterocycles. The maximum Gasteiger partial charge on any atom is 0.407 e. The summed E-state index contributed by atoms with van der Waals surface area (Å²) in [5.41, 5.74) is -0.855. The number of ether oxygens (including phenoxy) is 3. The van der Waals surface area contributed by atoms with Crippen LogP contribution in [0.1, 0.15) is 170 Å². The van der Waals surface area contributed by atoms with Crippen molar-refractivity contribution in [3.05, 3.63) is 12.2 Å². The van der Waals surface area contributed by atoms with Gasteiger partial charge in [0.05, 0.1) is 18.8 Å². The fourth-order valence-corrected chi connectivity index (χ4v) is 11.8. The van der Waals surface area contributed by atoms with Crippen LogP contribution in [-0.4, -0.2) is 252 Å². The molecule has 0 aromatic heterocycles. The Kier molecular flexibility index (Phi) is 33.3. The lowest BCUT2D eigenvalue weighted by Crippen LogP contribution is -2.62. The van der Waals surface area contributed by atoms with Crippen LogP contribution in [0.5, 0.6) is 0 Å². The van der Waals surface area contributed by atoms with Crippen molar-refractivity contribution in [2.75, 3.05) is 62.5 Å². The van der Waals surface area contributed by atoms with Gasteiger partial charge in [0.1, 0.15) is 66.0 Å². The number of hydrogen-bond donors (Lipinski definition) is 5. The van der Waals surface area contributed by atoms with E-state index in [0.717, 1.165) is 9.80 Å². The Balaban J connectivity index is 3.11. The maximum absolute atomic E-state index is 15.3. The number of allylic oxidation sites excluding steroid dienone is 2. The smallest absolute Gasteiger partial charge is 0.407 e. The molecule has 95 heavy (non-hydrogen) atoms. The first-order valence-electron chi connectivity index (χ1n) is 33.8. The van der Waals surface area contributed by atoms with Gasteiger partial charge in [0.15, 0.2) is 0 Å². The predicted molar refractivity (Wildman–Crippen MR) is 361 cm³/mol. The van der Waals surface area contributed by atoms with Crippen molar-refractivity contribution < 1.29 is 71.7 Å². The Bertz CT molecular complexity index is 2680. The van der Waals surface area contributed by atoms with E-state index in [1.54, 1.807) is 48.5 Å². The fraction of sp³-hybridized carbons (Fsp3) is 0.794. The van der Waals surface area contributed by atoms with Gasteiger partial charge in [0.25, 0.3) is 5.91 Å². The molecule has 12 amide bonds. The molecule has 0 saturated carbocycles. The van der Waals surface area contributed by atoms with Crippen molar-refractivity contribution in [1.29, 1.82) is 0 Å². The SMILES string of the molecule is C/C=C/C[C@@H](C)[C@H]1OC(C)[C@H]2C(=O)N(C)[C@@H]1C(=O)N[C@@H](CC)C(=O)N(C)[C@H](OCCNC(=O)OC(C)(C)C)C(=O)N(C)[C@@H](CC(C)C)C(=O)N[C@@H](C(C)C)C(=O)N(C)[C@@H](CC(C)C)C(=O)N[C@@H](C)C(=O)N[C@H](C)C(=O)N(C)[C@@H](CC(C)C)C(=O)N(C)[C@@H](CC(C)C)C(=O)N2C. The van der Waals surface area contributed by atoms with Crippen molar-refractivity contribution in [2.45, 2.75) is 255 Å². The van der Waals surface area contributed by atoms with Gasteiger partial charge in [-0.2, -0.15) is 0 Å². The quantitative estimate of drug-likeness (QED) is 0.102. The summed E-state index contributed by atoms with van der Waals surface area (Å²) in [4.78, 5) is 185. The van der Waals surface area contributed by atoms with Gasteiger partial charge in [0.2, 0.25) is 65.3 Å². The molecule has 5 N–H and O–H groups in total. The molecule has 2 bridgehead atoms. The molecule has 2 saturated heterocycles. The zero-order valence-corrected chi connectivity index (χ0v) is 62.0. The lowest BCUT2D eigenvalue weighted by atomic mass is 9.92. The summed E-state index contributed by atoms with van der Waals surface area (Å²) in [6.07, 6.45) is -0.236. The molecule has 27 heteroatoms. The van der Waals surface area contributed by atoms with E-state index in [-0.39, 0.29) is 68.9 Å². The third kappa shape index (κ3) is 23.7. The van der Waals surface area contributed by atoms with Gasteiger partial charge in [-0.3, -0.25) is 52.7 Å². The molecule has 2 aliphatic rings. The number of nitrogens with one attached hydrogen (secondary N) is 5. The van der Waals surface area contributed by atoms with Crippen molar-refractivity contribution in [1.82, 2.24) is 60.9 Å². The second kappa shape index (κ2) is 37.6. The van der Waals surface area contributed by atoms with Crippen LogP contribution >= 0.6 is 0 Å². The molecule has 2 heterocycles. The number of amides is 12. The summed E-state index contributed by atoms with van der Waals surface area (Å²) in [6, 6.07) is -12.8. The van der Waals surface area contributed by atoms with Gasteiger partial charge in [-0.25, -0.2) is 4.79 Å². The van der Waals surface area contributed by atoms with Gasteiger partial charge in [-0.15, -0.1) is 0 Å². The zero-order valence-electron chi connectivity index (χ0n) is 62.0. The van der Waals surface area contributed by atoms with Gasteiger partial charge >= 0.3 is 6.09 Å². The molecule has 0 aromatic rings. The van der Waals surface area contributed by atoms with Crippen molar-refractivity contribution >= 4 is 71.1 Å². The first-order chi connectivity index (χ1) is 43.9. The van der Waals surface area contributed by atoms with E-state index in [4.69, 9.17) is 14.2 Å². The van der Waals surface area contributed by atoms with Crippen molar-refractivity contribution in [3.8, 4) is 0 Å². The predicted octanol–water partition coefficient (Wildman–Crippen LogP) is 3.91. The molecule has 0 aliphatic carbocycles. The topological polar surface area (TPSA) is 315 Å². The van der Waals surface area contributed by atoms with E-state index >= 15 is 28.8 Å². The molecule has 542 valence electrons. The van der Waals surface area contributed by atoms with Crippen LogP contribution < -0.4 is 26.6 Å². The number of rotatable bonds is 17. The fourth-order valence-electron chi connectivity index (χ4n) is 11.8. The Morgan fingerprint density at radius 3 is 1.44 bits per heavy atom. The van der Waals surface area contributed by atoms with Gasteiger partial charge in [-0.05, 0) is 122 Å². The van der Waals surface area contributed by atoms with E-state index in [9.17, 15) is 28.8 Å². The third-order valence-electron chi connectivity index (χ3n) is 17.4. The minimum atomic E-state index is -1.82. The molecule has 0 radical (unpaired) electrons. The van der Waals surface area contributed by atoms with Gasteiger partial charge in [-0.1, -0.05) is 95.2 Å². The largest absolute Gasteiger partial charge is 0.444 e. The molecule has 0 spiro atoms. The highest BCUT2D eigenvalue weighted by atomic mass is 16.6. The lowest BCUT2D eigenvalue weighted by molar-refractivity contribution is -0.167. The Labute approximate surface area is 566 Å². The number of nitrogens with zero attached hydrogens (tertiary/aromatic N) is 7. The molecule has 1 unspecified atom stereocenters. The van der Waals surface area contributed by atoms with E-state index in [0.29, 0.717) is 6.42 Å². The highest BCUT2D eigenvalue weighted by Gasteiger charge is 2.51. The van der Waals surface area contributed by atoms with E-state index in [1.807, 2.05) is 81.4 Å². The summed E-state index contributed by atoms with van der Waals surface area (Å²) in [5.74, 6) is -9.77. The standard InChI is InChI=1S/C68H120N12O15/c1-27-29-30-42(13)54-53-58(84)72-46(28-2)60(86)80(26)66(93-32-31-69-67(92)95-68(17,18)19)65(91)75(21)48(34-38(5)6)57(83)73-51(41(11)12)63(89)74(20)47(33-37(3)4)56(82)70-43(14)55(81)71-44(15)59(85)76(22)49(35-39(7)8)61(87)77(23)50(36-40(9)10)62(88)78(24)52(45(16)94-54)64(90)79(53)25/h27,29,37-54,66H,28,30-36H2,1-26H3,(H,69,92)(H,70,82)(H,71,81)(H,72,84)(H,73,83)/b29-27+/t42-,43+,44-,45?,46+,47+,48+,49+,50+,51+,52+,53+,54-,66-/m1/s1. The summed E-state index contributed by atoms with van der Waals surface area (Å²) < 4.78 is 18.4. The third-order valence-corrected chi connectivity index (χ3v) is 17.4. The molecular weight excluding hydrogens is 1220 g/mol. The van der Waals surface area contributed by atoms with E-state index in [2.05, 4.69) is 26.6 Å². The van der Waals surface area contributed by atoms with Crippen LogP contribution in [0.2, 0.25) is 0 Å². The second-order valence-electron chi connectivity index (χ2n) is 29.0. The number of likely N-dealkylation sites (N-methyl/N-ethyl adjacent to an activating group) is 7. The number of alkyl carbamates (subject to hydrolysis) is 1. The van der Waals surface area contributed by atoms with Crippen LogP contribution in [0.3, 0.4) is 0 Å². The first-order valence-corrected chi connectivity index (χ1v) is 33.8. The summed E-state index contributed by atoms with van der Waals surface area (Å²) >= 11 is 0. The summed E-state index contributed by atoms with van der Waals surface area (Å²) in [6.45, 7) is 32.5. The molecule has 14 atom stereocenters. The Hall–Kier alpha value is -6.90. The average Bonchev–Trinajstić information content (AvgIpc) is 1.72. The second-order valence-corrected chi connectivity index (χ2v) is 29.0. The highest BCUT2D eigenvalue weighted by Crippen LogP contribution is 2.30. The van der Waals surface area contributed by atoms with Crippen LogP contribution in [0, 0.1) is 35.5 Å². The average molecular weight is 1350 g/mol. The monoisotopic (exact) mass is 1340 g/mol. The van der Waals surface area contributed by atoms with Crippen LogP contribution in [0.15, 0.2) is 12.2 Å². The van der Waals surface area contributed by atoms with Crippen molar-refractivity contribution in [3.63, 3.8) is 0 Å². The molecule has 2 fully saturated rings. The number of hydrogen-bond acceptors (Lipinski definition) is 15. The van der Waals surface area contributed by atoms with Gasteiger partial charge in [0, 0.05) is 55.9 Å². The minimum absolute atomic E-state index is 0.0406. The molecule has 2 rings (SSSR count). The van der Waals surface area contributed by atoms with Gasteiger partial charge < -0.3 is 75.1 Å². The lowest BCUT2D eigenvalue weighted by Gasteiger charge is -2.39. The maximum atomic E-state index is 15.3. The van der Waals surface area contributed by atoms with Crippen LogP contribution in [0.25, 0.3) is 0 Å². The van der Waals surface area contributed by atoms with Crippen molar-refractivity contribution in [2.24, 2.45) is 35.5 Å². The Morgan fingerprint density at radius 1 is 0.526 bits per heavy atom. The number of fused-ring (bicyclic) bond motifs is 3. The normalized spacial score (nSPS) is 27.9. The Morgan fingerprint density at radius 2 is 0.968 bits per heavy atom. The number of carbonyl (C=O) groups excluding carboxylic acids is 12. The highest BCUT2D eigenvalue weighted by molar-refractivity contribution is 6.00. The first kappa shape index (κ1) is 84.2.